The minimum atomic E-state index is -2.68. The van der Waals surface area contributed by atoms with E-state index in [9.17, 15) is 4.57 Å². The van der Waals surface area contributed by atoms with E-state index in [4.69, 9.17) is 9.25 Å². The van der Waals surface area contributed by atoms with E-state index in [0.29, 0.717) is 0 Å². The Kier molecular flexibility index (Phi) is 6.64. The first-order valence-electron chi connectivity index (χ1n) is 3.74. The highest BCUT2D eigenvalue weighted by molar-refractivity contribution is 7.33. The Morgan fingerprint density at radius 3 is 1.69 bits per heavy atom. The molecule has 90 valence electrons. The van der Waals surface area contributed by atoms with Crippen LogP contribution >= 0.6 is 33.1 Å². The third-order valence-electron chi connectivity index (χ3n) is 1.30. The van der Waals surface area contributed by atoms with Crippen molar-refractivity contribution >= 4 is 33.1 Å². The van der Waals surface area contributed by atoms with E-state index in [1.165, 1.54) is 24.8 Å². The highest BCUT2D eigenvalue weighted by Gasteiger charge is 2.02. The third-order valence-corrected chi connectivity index (χ3v) is 1.97. The van der Waals surface area contributed by atoms with Gasteiger partial charge in [0.15, 0.2) is 0 Å². The zero-order valence-electron chi connectivity index (χ0n) is 7.79. The summed E-state index contributed by atoms with van der Waals surface area (Å²) in [5.41, 5.74) is 0. The normalized spacial score (nSPS) is 9.06. The lowest BCUT2D eigenvalue weighted by Crippen LogP contribution is -2.11. The number of rotatable bonds is 4. The molecule has 7 nitrogen and oxygen atoms in total. The minimum absolute atomic E-state index is 0. The first-order valence-corrected chi connectivity index (χ1v) is 4.97. The van der Waals surface area contributed by atoms with Crippen molar-refractivity contribution in [1.29, 1.82) is 0 Å². The Hall–Kier alpha value is -1.17. The van der Waals surface area contributed by atoms with Gasteiger partial charge < -0.3 is 9.25 Å². The largest absolute Gasteiger partial charge is 0.458 e. The summed E-state index contributed by atoms with van der Waals surface area (Å²) in [6.07, 6.45) is 6.02. The molecule has 0 aliphatic carbocycles. The lowest BCUT2D eigenvalue weighted by molar-refractivity contribution is 0.158. The van der Waals surface area contributed by atoms with Gasteiger partial charge in [-0.2, -0.15) is 0 Å². The van der Waals surface area contributed by atoms with Crippen LogP contribution in [0.15, 0.2) is 36.9 Å². The quantitative estimate of drug-likeness (QED) is 0.780. The first-order chi connectivity index (χ1) is 6.84. The molecule has 2 rings (SSSR count). The predicted molar refractivity (Wildman–Crippen MR) is 61.1 cm³/mol. The van der Waals surface area contributed by atoms with Gasteiger partial charge in [0.1, 0.15) is 0 Å². The van der Waals surface area contributed by atoms with Crippen LogP contribution < -0.4 is 9.25 Å². The lowest BCUT2D eigenvalue weighted by Gasteiger charge is -2.04. The molecule has 16 heavy (non-hydrogen) atoms. The predicted octanol–water partition coefficient (Wildman–Crippen LogP) is 0.870. The second kappa shape index (κ2) is 7.16. The summed E-state index contributed by atoms with van der Waals surface area (Å²) in [5, 5.41) is 7.39. The summed E-state index contributed by atoms with van der Waals surface area (Å²) in [6.45, 7) is 0. The molecule has 2 aromatic heterocycles. The third kappa shape index (κ3) is 4.14. The molecule has 0 radical (unpaired) electrons. The van der Waals surface area contributed by atoms with Gasteiger partial charge in [0.2, 0.25) is 0 Å². The van der Waals surface area contributed by atoms with E-state index in [1.807, 2.05) is 0 Å². The zero-order chi connectivity index (χ0) is 9.80. The van der Waals surface area contributed by atoms with Crippen molar-refractivity contribution in [1.82, 2.24) is 19.9 Å². The highest BCUT2D eigenvalue weighted by atomic mass is 35.5. The van der Waals surface area contributed by atoms with E-state index in [2.05, 4.69) is 10.2 Å². The van der Waals surface area contributed by atoms with Crippen molar-refractivity contribution in [3.05, 3.63) is 36.9 Å². The van der Waals surface area contributed by atoms with Gasteiger partial charge in [-0.25, -0.2) is 4.57 Å². The fraction of sp³-hybridized carbons (Fsp3) is 0. The number of hydrogen-bond acceptors (Lipinski definition) is 5. The second-order valence-corrected chi connectivity index (χ2v) is 3.11. The first kappa shape index (κ1) is 14.8. The average Bonchev–Trinajstić information content (AvgIpc) is 2.76. The van der Waals surface area contributed by atoms with Crippen molar-refractivity contribution in [3.63, 3.8) is 0 Å². The van der Waals surface area contributed by atoms with Gasteiger partial charge in [-0.05, 0) is 12.1 Å². The molecular formula is C6H9Cl2N4O3P. The Labute approximate surface area is 104 Å². The fourth-order valence-corrected chi connectivity index (χ4v) is 1.34. The molecule has 0 aliphatic rings. The Bertz CT molecular complexity index is 369. The van der Waals surface area contributed by atoms with Crippen molar-refractivity contribution in [3.8, 4) is 0 Å². The summed E-state index contributed by atoms with van der Waals surface area (Å²) in [4.78, 5) is 2.12. The molecule has 0 aromatic carbocycles. The van der Waals surface area contributed by atoms with Gasteiger partial charge in [-0.15, -0.1) is 35.0 Å². The van der Waals surface area contributed by atoms with Crippen LogP contribution in [-0.4, -0.2) is 19.9 Å². The Balaban J connectivity index is 0.00000112. The standard InChI is InChI=1S/C6H7N4O3P.2ClH/c11-14(12-9-5-1-3-7-9)13-10-6-2-4-8-10;;/h1-6,14H;2*1H. The van der Waals surface area contributed by atoms with Gasteiger partial charge in [-0.3, -0.25) is 0 Å². The van der Waals surface area contributed by atoms with E-state index >= 15 is 0 Å². The molecule has 0 saturated carbocycles. The van der Waals surface area contributed by atoms with Gasteiger partial charge in [0, 0.05) is 0 Å². The van der Waals surface area contributed by atoms with Crippen LogP contribution in [0.25, 0.3) is 0 Å². The maximum atomic E-state index is 11.2. The Morgan fingerprint density at radius 1 is 0.938 bits per heavy atom. The van der Waals surface area contributed by atoms with Crippen LogP contribution in [0.1, 0.15) is 0 Å². The number of nitrogens with zero attached hydrogens (tertiary/aromatic N) is 4. The number of hydrogen-bond donors (Lipinski definition) is 0. The van der Waals surface area contributed by atoms with Crippen molar-refractivity contribution < 1.29 is 13.8 Å². The summed E-state index contributed by atoms with van der Waals surface area (Å²) in [7, 11) is -2.68. The van der Waals surface area contributed by atoms with Crippen LogP contribution in [0, 0.1) is 0 Å². The summed E-state index contributed by atoms with van der Waals surface area (Å²) in [6, 6.07) is 3.28. The topological polar surface area (TPSA) is 71.2 Å². The molecule has 0 unspecified atom stereocenters. The molecule has 2 aromatic rings. The molecule has 0 saturated heterocycles. The maximum Gasteiger partial charge on any atom is 0.458 e. The fourth-order valence-electron chi connectivity index (χ4n) is 0.787. The monoisotopic (exact) mass is 286 g/mol. The van der Waals surface area contributed by atoms with Crippen molar-refractivity contribution in [2.24, 2.45) is 0 Å². The highest BCUT2D eigenvalue weighted by Crippen LogP contribution is 2.13. The van der Waals surface area contributed by atoms with E-state index < -0.39 is 8.25 Å². The molecule has 0 N–H and O–H groups in total. The average molecular weight is 287 g/mol. The van der Waals surface area contributed by atoms with Crippen LogP contribution in [0.2, 0.25) is 0 Å². The molecule has 0 bridgehead atoms. The number of halogens is 2. The maximum absolute atomic E-state index is 11.2. The molecule has 2 heterocycles. The molecule has 0 atom stereocenters. The summed E-state index contributed by atoms with van der Waals surface area (Å²) >= 11 is 0. The summed E-state index contributed by atoms with van der Waals surface area (Å²) < 4.78 is 20.8. The summed E-state index contributed by atoms with van der Waals surface area (Å²) in [5.74, 6) is 0. The van der Waals surface area contributed by atoms with E-state index in [1.54, 1.807) is 12.1 Å². The van der Waals surface area contributed by atoms with Crippen LogP contribution in [0.5, 0.6) is 0 Å². The van der Waals surface area contributed by atoms with Gasteiger partial charge in [0.05, 0.1) is 24.8 Å². The van der Waals surface area contributed by atoms with E-state index in [-0.39, 0.29) is 24.8 Å². The smallest absolute Gasteiger partial charge is 0.306 e. The van der Waals surface area contributed by atoms with Crippen LogP contribution in [0.3, 0.4) is 0 Å². The van der Waals surface area contributed by atoms with Crippen molar-refractivity contribution in [2.75, 3.05) is 0 Å². The van der Waals surface area contributed by atoms with Crippen LogP contribution in [0.4, 0.5) is 0 Å². The second-order valence-electron chi connectivity index (χ2n) is 2.25. The minimum Gasteiger partial charge on any atom is -0.306 e. The molecule has 0 aliphatic heterocycles. The van der Waals surface area contributed by atoms with Gasteiger partial charge in [-0.1, -0.05) is 9.69 Å². The van der Waals surface area contributed by atoms with Crippen molar-refractivity contribution in [2.45, 2.75) is 0 Å². The SMILES string of the molecule is Cl.Cl.O=[PH](On1cccn1)On1cccn1. The number of aromatic nitrogens is 4. The molecule has 0 fully saturated rings. The lowest BCUT2D eigenvalue weighted by atomic mass is 10.8. The Morgan fingerprint density at radius 2 is 1.38 bits per heavy atom. The molecule has 0 spiro atoms. The van der Waals surface area contributed by atoms with Gasteiger partial charge in [0.25, 0.3) is 0 Å². The molecule has 0 amide bonds. The van der Waals surface area contributed by atoms with Gasteiger partial charge >= 0.3 is 8.25 Å². The molecular weight excluding hydrogens is 278 g/mol. The van der Waals surface area contributed by atoms with Crippen LogP contribution in [-0.2, 0) is 4.57 Å². The van der Waals surface area contributed by atoms with E-state index in [0.717, 1.165) is 9.69 Å². The molecule has 10 heteroatoms. The zero-order valence-corrected chi connectivity index (χ0v) is 10.4.